The van der Waals surface area contributed by atoms with Gasteiger partial charge in [-0.1, -0.05) is 62.4 Å². The first-order chi connectivity index (χ1) is 15.5. The zero-order valence-corrected chi connectivity index (χ0v) is 19.5. The van der Waals surface area contributed by atoms with E-state index in [0.717, 1.165) is 35.2 Å². The summed E-state index contributed by atoms with van der Waals surface area (Å²) in [6.45, 7) is 8.72. The zero-order chi connectivity index (χ0) is 23.1. The number of carbonyl (C=O) groups excluding carboxylic acids is 1. The fourth-order valence-corrected chi connectivity index (χ4v) is 4.30. The predicted octanol–water partition coefficient (Wildman–Crippen LogP) is 5.48. The van der Waals surface area contributed by atoms with Crippen molar-refractivity contribution in [1.29, 1.82) is 0 Å². The number of nitrogens with one attached hydrogen (secondary N) is 2. The van der Waals surface area contributed by atoms with Crippen molar-refractivity contribution in [2.24, 2.45) is 0 Å². The van der Waals surface area contributed by atoms with Gasteiger partial charge in [0.1, 0.15) is 11.9 Å². The lowest BCUT2D eigenvalue weighted by molar-refractivity contribution is -0.122. The van der Waals surface area contributed by atoms with Crippen molar-refractivity contribution < 1.29 is 9.90 Å². The molecule has 0 aliphatic carbocycles. The molecule has 4 nitrogen and oxygen atoms in total. The molecule has 1 amide bonds. The number of benzene rings is 3. The van der Waals surface area contributed by atoms with E-state index in [1.165, 1.54) is 16.7 Å². The molecule has 4 heteroatoms. The highest BCUT2D eigenvalue weighted by molar-refractivity contribution is 5.77. The summed E-state index contributed by atoms with van der Waals surface area (Å²) < 4.78 is 0. The minimum Gasteiger partial charge on any atom is -0.508 e. The lowest BCUT2D eigenvalue weighted by Crippen LogP contribution is -2.34. The van der Waals surface area contributed by atoms with E-state index in [4.69, 9.17) is 0 Å². The molecule has 0 spiro atoms. The van der Waals surface area contributed by atoms with E-state index in [-0.39, 0.29) is 17.8 Å². The van der Waals surface area contributed by atoms with Crippen LogP contribution in [-0.2, 0) is 24.2 Å². The van der Waals surface area contributed by atoms with Crippen molar-refractivity contribution in [2.75, 3.05) is 0 Å². The van der Waals surface area contributed by atoms with Crippen LogP contribution in [0.25, 0.3) is 0 Å². The van der Waals surface area contributed by atoms with Gasteiger partial charge in [0.05, 0.1) is 0 Å². The standard InChI is InChI=1S/C26H28N2O2.C2H6/c1-17-12-22(29)13-18(2)23(17)10-11-25(30)28-26-24-15-20(8-9-21(24)16-27-26)14-19-6-4-3-5-7-19;1-2/h3-9,12-13,15,26-27,29H,10-11,14,16H2,1-2H3,(H,28,30);1-2H3. The van der Waals surface area contributed by atoms with Crippen LogP contribution in [0.1, 0.15) is 65.4 Å². The lowest BCUT2D eigenvalue weighted by Gasteiger charge is -2.16. The van der Waals surface area contributed by atoms with Crippen LogP contribution in [0.4, 0.5) is 0 Å². The Bertz CT molecular complexity index is 1040. The van der Waals surface area contributed by atoms with E-state index in [1.807, 2.05) is 33.8 Å². The van der Waals surface area contributed by atoms with Crippen LogP contribution in [0, 0.1) is 13.8 Å². The summed E-state index contributed by atoms with van der Waals surface area (Å²) in [5.74, 6) is 0.303. The monoisotopic (exact) mass is 430 g/mol. The maximum absolute atomic E-state index is 12.6. The van der Waals surface area contributed by atoms with Gasteiger partial charge in [-0.2, -0.15) is 0 Å². The van der Waals surface area contributed by atoms with Gasteiger partial charge in [-0.25, -0.2) is 0 Å². The summed E-state index contributed by atoms with van der Waals surface area (Å²) in [6.07, 6.45) is 1.82. The largest absolute Gasteiger partial charge is 0.508 e. The first-order valence-corrected chi connectivity index (χ1v) is 11.5. The number of phenols is 1. The van der Waals surface area contributed by atoms with Crippen LogP contribution in [0.3, 0.4) is 0 Å². The molecule has 1 unspecified atom stereocenters. The van der Waals surface area contributed by atoms with E-state index < -0.39 is 0 Å². The number of amides is 1. The normalized spacial score (nSPS) is 14.3. The third-order valence-corrected chi connectivity index (χ3v) is 5.86. The Morgan fingerprint density at radius 1 is 1.00 bits per heavy atom. The second kappa shape index (κ2) is 11.0. The average Bonchev–Trinajstić information content (AvgIpc) is 3.17. The average molecular weight is 431 g/mol. The quantitative estimate of drug-likeness (QED) is 0.485. The molecule has 3 aromatic carbocycles. The molecule has 32 heavy (non-hydrogen) atoms. The molecule has 1 heterocycles. The zero-order valence-electron chi connectivity index (χ0n) is 19.5. The molecule has 1 atom stereocenters. The number of fused-ring (bicyclic) bond motifs is 1. The Balaban J connectivity index is 0.00000141. The van der Waals surface area contributed by atoms with Gasteiger partial charge in [0.25, 0.3) is 0 Å². The van der Waals surface area contributed by atoms with E-state index in [2.05, 4.69) is 53.1 Å². The molecule has 0 radical (unpaired) electrons. The highest BCUT2D eigenvalue weighted by Gasteiger charge is 2.23. The van der Waals surface area contributed by atoms with Crippen molar-refractivity contribution in [2.45, 2.75) is 59.7 Å². The van der Waals surface area contributed by atoms with Crippen molar-refractivity contribution >= 4 is 5.91 Å². The van der Waals surface area contributed by atoms with E-state index in [1.54, 1.807) is 12.1 Å². The van der Waals surface area contributed by atoms with Gasteiger partial charge in [0.2, 0.25) is 5.91 Å². The Morgan fingerprint density at radius 3 is 2.38 bits per heavy atom. The van der Waals surface area contributed by atoms with Crippen LogP contribution < -0.4 is 10.6 Å². The topological polar surface area (TPSA) is 61.4 Å². The van der Waals surface area contributed by atoms with E-state index >= 15 is 0 Å². The molecule has 0 saturated carbocycles. The Labute approximate surface area is 191 Å². The number of phenolic OH excluding ortho intramolecular Hbond substituents is 1. The second-order valence-corrected chi connectivity index (χ2v) is 8.14. The smallest absolute Gasteiger partial charge is 0.221 e. The highest BCUT2D eigenvalue weighted by atomic mass is 16.3. The molecule has 0 saturated heterocycles. The van der Waals surface area contributed by atoms with Crippen LogP contribution >= 0.6 is 0 Å². The molecule has 3 N–H and O–H groups in total. The third kappa shape index (κ3) is 5.77. The fourth-order valence-electron chi connectivity index (χ4n) is 4.30. The summed E-state index contributed by atoms with van der Waals surface area (Å²) >= 11 is 0. The van der Waals surface area contributed by atoms with Crippen LogP contribution in [0.2, 0.25) is 0 Å². The van der Waals surface area contributed by atoms with Gasteiger partial charge in [0.15, 0.2) is 0 Å². The fraction of sp³-hybridized carbons (Fsp3) is 0.321. The van der Waals surface area contributed by atoms with Crippen molar-refractivity contribution in [3.8, 4) is 5.75 Å². The summed E-state index contributed by atoms with van der Waals surface area (Å²) in [5, 5.41) is 16.3. The van der Waals surface area contributed by atoms with Crippen molar-refractivity contribution in [3.05, 3.63) is 99.6 Å². The minimum atomic E-state index is -0.148. The van der Waals surface area contributed by atoms with Crippen LogP contribution in [0.15, 0.2) is 60.7 Å². The molecule has 4 rings (SSSR count). The number of aryl methyl sites for hydroxylation is 2. The van der Waals surface area contributed by atoms with Gasteiger partial charge < -0.3 is 10.4 Å². The summed E-state index contributed by atoms with van der Waals surface area (Å²) in [7, 11) is 0. The summed E-state index contributed by atoms with van der Waals surface area (Å²) in [6, 6.07) is 20.5. The molecular formula is C28H34N2O2. The maximum Gasteiger partial charge on any atom is 0.221 e. The Hall–Kier alpha value is -3.11. The van der Waals surface area contributed by atoms with Crippen LogP contribution in [-0.4, -0.2) is 11.0 Å². The van der Waals surface area contributed by atoms with Gasteiger partial charge >= 0.3 is 0 Å². The molecule has 0 aromatic heterocycles. The molecule has 0 fully saturated rings. The van der Waals surface area contributed by atoms with Crippen LogP contribution in [0.5, 0.6) is 5.75 Å². The number of rotatable bonds is 6. The molecule has 168 valence electrons. The number of hydrogen-bond acceptors (Lipinski definition) is 3. The highest BCUT2D eigenvalue weighted by Crippen LogP contribution is 2.26. The second-order valence-electron chi connectivity index (χ2n) is 8.14. The van der Waals surface area contributed by atoms with Gasteiger partial charge in [-0.15, -0.1) is 0 Å². The molecular weight excluding hydrogens is 396 g/mol. The minimum absolute atomic E-state index is 0.0284. The Kier molecular flexibility index (Phi) is 8.07. The first-order valence-electron chi connectivity index (χ1n) is 11.5. The number of hydrogen-bond donors (Lipinski definition) is 3. The van der Waals surface area contributed by atoms with Gasteiger partial charge in [-0.05, 0) is 77.8 Å². The predicted molar refractivity (Wildman–Crippen MR) is 131 cm³/mol. The van der Waals surface area contributed by atoms with E-state index in [9.17, 15) is 9.90 Å². The molecule has 1 aliphatic rings. The summed E-state index contributed by atoms with van der Waals surface area (Å²) in [4.78, 5) is 12.6. The van der Waals surface area contributed by atoms with Crippen molar-refractivity contribution in [1.82, 2.24) is 10.6 Å². The summed E-state index contributed by atoms with van der Waals surface area (Å²) in [5.41, 5.74) is 8.11. The van der Waals surface area contributed by atoms with Gasteiger partial charge in [0, 0.05) is 13.0 Å². The number of aromatic hydroxyl groups is 1. The SMILES string of the molecule is CC.Cc1cc(O)cc(C)c1CCC(=O)NC1NCc2ccc(Cc3ccccc3)cc21. The first kappa shape index (κ1) is 23.6. The van der Waals surface area contributed by atoms with Gasteiger partial charge in [-0.3, -0.25) is 10.1 Å². The Morgan fingerprint density at radius 2 is 1.69 bits per heavy atom. The van der Waals surface area contributed by atoms with E-state index in [0.29, 0.717) is 12.8 Å². The molecule has 0 bridgehead atoms. The lowest BCUT2D eigenvalue weighted by atomic mass is 9.97. The molecule has 3 aromatic rings. The maximum atomic E-state index is 12.6. The third-order valence-electron chi connectivity index (χ3n) is 5.86. The number of carbonyl (C=O) groups is 1. The van der Waals surface area contributed by atoms with Crippen molar-refractivity contribution in [3.63, 3.8) is 0 Å². The molecule has 1 aliphatic heterocycles.